The first kappa shape index (κ1) is 32.5. The summed E-state index contributed by atoms with van der Waals surface area (Å²) in [6.45, 7) is 11.3. The smallest absolute Gasteiger partial charge is 0.0252 e. The first-order valence-corrected chi connectivity index (χ1v) is 17.9. The Morgan fingerprint density at radius 3 is 2.55 bits per heavy atom. The van der Waals surface area contributed by atoms with Crippen LogP contribution >= 0.6 is 0 Å². The van der Waals surface area contributed by atoms with Crippen LogP contribution in [0.3, 0.4) is 0 Å². The molecule has 4 aliphatic rings. The van der Waals surface area contributed by atoms with Crippen LogP contribution in [-0.2, 0) is 0 Å². The van der Waals surface area contributed by atoms with Gasteiger partial charge in [-0.1, -0.05) is 111 Å². The van der Waals surface area contributed by atoms with Gasteiger partial charge in [0.15, 0.2) is 0 Å². The maximum atomic E-state index is 4.20. The Hall–Kier alpha value is -2.90. The third-order valence-electron chi connectivity index (χ3n) is 10.5. The maximum Gasteiger partial charge on any atom is 0.0252 e. The Bertz CT molecular complexity index is 1450. The molecule has 0 saturated carbocycles. The topological polar surface area (TPSA) is 12.0 Å². The number of nitrogens with one attached hydrogen (secondary N) is 1. The van der Waals surface area contributed by atoms with Gasteiger partial charge in [0.25, 0.3) is 0 Å². The molecular weight excluding hydrogens is 530 g/mol. The summed E-state index contributed by atoms with van der Waals surface area (Å²) in [5.74, 6) is 1.11. The largest absolute Gasteiger partial charge is 0.308 e. The van der Waals surface area contributed by atoms with Crippen LogP contribution in [0.15, 0.2) is 108 Å². The fourth-order valence-corrected chi connectivity index (χ4v) is 7.95. The molecule has 1 N–H and O–H groups in total. The van der Waals surface area contributed by atoms with Gasteiger partial charge in [-0.3, -0.25) is 0 Å². The molecule has 0 saturated heterocycles. The zero-order chi connectivity index (χ0) is 30.7. The number of hydrogen-bond donors (Lipinski definition) is 1. The molecule has 234 valence electrons. The summed E-state index contributed by atoms with van der Waals surface area (Å²) in [6, 6.07) is 10.1. The quantitative estimate of drug-likeness (QED) is 0.138. The Morgan fingerprint density at radius 2 is 1.82 bits per heavy atom. The summed E-state index contributed by atoms with van der Waals surface area (Å²) in [5.41, 5.74) is 8.89. The van der Waals surface area contributed by atoms with E-state index in [1.54, 1.807) is 5.57 Å². The Labute approximate surface area is 268 Å². The van der Waals surface area contributed by atoms with Gasteiger partial charge < -0.3 is 5.32 Å². The van der Waals surface area contributed by atoms with Gasteiger partial charge in [-0.2, -0.15) is 0 Å². The number of hydrogen-bond acceptors (Lipinski definition) is 1. The Morgan fingerprint density at radius 1 is 1.00 bits per heavy atom. The molecule has 0 radical (unpaired) electrons. The van der Waals surface area contributed by atoms with Crippen LogP contribution < -0.4 is 15.8 Å². The van der Waals surface area contributed by atoms with E-state index in [1.165, 1.54) is 96.1 Å². The lowest BCUT2D eigenvalue weighted by Gasteiger charge is -2.34. The van der Waals surface area contributed by atoms with Crippen molar-refractivity contribution in [1.82, 2.24) is 5.32 Å². The predicted molar refractivity (Wildman–Crippen MR) is 193 cm³/mol. The Kier molecular flexibility index (Phi) is 12.1. The zero-order valence-electron chi connectivity index (χ0n) is 27.9. The van der Waals surface area contributed by atoms with Gasteiger partial charge in [-0.15, -0.1) is 0 Å². The predicted octanol–water partition coefficient (Wildman–Crippen LogP) is 10.1. The summed E-state index contributed by atoms with van der Waals surface area (Å²) in [5, 5.41) is 6.90. The lowest BCUT2D eigenvalue weighted by atomic mass is 9.76. The van der Waals surface area contributed by atoms with Crippen molar-refractivity contribution in [1.29, 1.82) is 0 Å². The van der Waals surface area contributed by atoms with Gasteiger partial charge in [-0.05, 0) is 141 Å². The van der Waals surface area contributed by atoms with E-state index in [9.17, 15) is 0 Å². The van der Waals surface area contributed by atoms with Gasteiger partial charge in [0, 0.05) is 12.1 Å². The zero-order valence-corrected chi connectivity index (χ0v) is 27.9. The van der Waals surface area contributed by atoms with Crippen LogP contribution in [-0.4, -0.2) is 12.1 Å². The lowest BCUT2D eigenvalue weighted by Crippen LogP contribution is -2.43. The van der Waals surface area contributed by atoms with Crippen molar-refractivity contribution in [3.63, 3.8) is 0 Å². The highest BCUT2D eigenvalue weighted by molar-refractivity contribution is 5.75. The third-order valence-corrected chi connectivity index (χ3v) is 10.5. The maximum absolute atomic E-state index is 4.20. The fourth-order valence-electron chi connectivity index (χ4n) is 7.95. The molecule has 0 heterocycles. The monoisotopic (exact) mass is 587 g/mol. The van der Waals surface area contributed by atoms with Gasteiger partial charge in [0.05, 0.1) is 0 Å². The molecule has 4 aliphatic carbocycles. The molecular formula is C43H57N. The van der Waals surface area contributed by atoms with E-state index in [0.717, 1.165) is 32.1 Å². The standard InChI is InChI=1S/C43H57N/c1-5-7-10-18-34(6-2)41-30-29-39(42-25-15-16-26-43(41)42)32(3)27-28-40(33(4)44-38-23-13-9-14-24-38)37-22-17-21-36(31-37)35-19-11-8-12-20-35/h6,13,15-19,21,23,25-27,31,33,37-38,40,44H,2,5,7-12,14,20,22,24,28-30H2,1,3-4H3/b32-27+,34-18+. The molecule has 44 heavy (non-hydrogen) atoms. The van der Waals surface area contributed by atoms with Gasteiger partial charge in [-0.25, -0.2) is 0 Å². The van der Waals surface area contributed by atoms with Gasteiger partial charge in [0.1, 0.15) is 0 Å². The number of unbranched alkanes of at least 4 members (excludes halogenated alkanes) is 2. The molecule has 0 amide bonds. The van der Waals surface area contributed by atoms with E-state index in [4.69, 9.17) is 0 Å². The van der Waals surface area contributed by atoms with Crippen molar-refractivity contribution in [2.75, 3.05) is 0 Å². The molecule has 1 aromatic carbocycles. The molecule has 0 spiro atoms. The van der Waals surface area contributed by atoms with Crippen LogP contribution in [0.4, 0.5) is 0 Å². The second kappa shape index (κ2) is 16.4. The minimum absolute atomic E-state index is 0.452. The van der Waals surface area contributed by atoms with E-state index >= 15 is 0 Å². The number of benzene rings is 1. The molecule has 1 heteroatoms. The minimum Gasteiger partial charge on any atom is -0.308 e. The summed E-state index contributed by atoms with van der Waals surface area (Å²) < 4.78 is 0. The third kappa shape index (κ3) is 8.22. The van der Waals surface area contributed by atoms with Crippen molar-refractivity contribution in [3.05, 3.63) is 118 Å². The second-order valence-electron chi connectivity index (χ2n) is 13.6. The highest BCUT2D eigenvalue weighted by atomic mass is 14.9. The summed E-state index contributed by atoms with van der Waals surface area (Å²) >= 11 is 0. The molecule has 4 unspecified atom stereocenters. The van der Waals surface area contributed by atoms with E-state index in [1.807, 2.05) is 0 Å². The van der Waals surface area contributed by atoms with E-state index < -0.39 is 0 Å². The lowest BCUT2D eigenvalue weighted by molar-refractivity contribution is 0.282. The normalized spacial score (nSPS) is 24.0. The first-order valence-electron chi connectivity index (χ1n) is 17.9. The highest BCUT2D eigenvalue weighted by Gasteiger charge is 2.28. The molecule has 5 rings (SSSR count). The van der Waals surface area contributed by atoms with E-state index in [-0.39, 0.29) is 0 Å². The minimum atomic E-state index is 0.452. The average Bonchev–Trinajstić information content (AvgIpc) is 3.07. The SMILES string of the molecule is C=C/C(=C\CCCC)C1=c2ccccc2=C(/C(C)=C/CC(C2C=C(C3=CCCCC3)C=CC2)C(C)NC2C=CCCC2)CC1. The highest BCUT2D eigenvalue weighted by Crippen LogP contribution is 2.36. The number of rotatable bonds is 13. The first-order chi connectivity index (χ1) is 21.6. The average molecular weight is 588 g/mol. The second-order valence-corrected chi connectivity index (χ2v) is 13.6. The van der Waals surface area contributed by atoms with Crippen LogP contribution in [0.1, 0.15) is 111 Å². The number of fused-ring (bicyclic) bond motifs is 1. The number of allylic oxidation sites excluding steroid dienone is 12. The van der Waals surface area contributed by atoms with Crippen molar-refractivity contribution < 1.29 is 0 Å². The fraction of sp³-hybridized carbons (Fsp3) is 0.488. The molecule has 1 nitrogen and oxygen atoms in total. The molecule has 0 aliphatic heterocycles. The van der Waals surface area contributed by atoms with Crippen LogP contribution in [0.25, 0.3) is 11.1 Å². The van der Waals surface area contributed by atoms with Crippen molar-refractivity contribution in [2.24, 2.45) is 11.8 Å². The van der Waals surface area contributed by atoms with E-state index in [0.29, 0.717) is 23.9 Å². The molecule has 1 aromatic rings. The van der Waals surface area contributed by atoms with Crippen molar-refractivity contribution in [2.45, 2.75) is 123 Å². The van der Waals surface area contributed by atoms with Crippen molar-refractivity contribution >= 4 is 11.1 Å². The van der Waals surface area contributed by atoms with Crippen LogP contribution in [0.2, 0.25) is 0 Å². The van der Waals surface area contributed by atoms with Crippen LogP contribution in [0, 0.1) is 11.8 Å². The molecule has 0 aromatic heterocycles. The Balaban J connectivity index is 1.46. The van der Waals surface area contributed by atoms with Gasteiger partial charge >= 0.3 is 0 Å². The van der Waals surface area contributed by atoms with Gasteiger partial charge in [0.2, 0.25) is 0 Å². The summed E-state index contributed by atoms with van der Waals surface area (Å²) in [6.07, 6.45) is 38.9. The van der Waals surface area contributed by atoms with Crippen LogP contribution in [0.5, 0.6) is 0 Å². The van der Waals surface area contributed by atoms with E-state index in [2.05, 4.69) is 112 Å². The summed E-state index contributed by atoms with van der Waals surface area (Å²) in [4.78, 5) is 0. The molecule has 0 bridgehead atoms. The molecule has 0 fully saturated rings. The molecule has 4 atom stereocenters. The summed E-state index contributed by atoms with van der Waals surface area (Å²) in [7, 11) is 0. The van der Waals surface area contributed by atoms with Crippen molar-refractivity contribution in [3.8, 4) is 0 Å².